The van der Waals surface area contributed by atoms with Crippen molar-refractivity contribution in [2.75, 3.05) is 32.1 Å². The first-order valence-electron chi connectivity index (χ1n) is 7.19. The molecule has 6 nitrogen and oxygen atoms in total. The van der Waals surface area contributed by atoms with Crippen LogP contribution in [0.15, 0.2) is 12.1 Å². The molecule has 3 N–H and O–H groups in total. The van der Waals surface area contributed by atoms with Crippen LogP contribution in [0.4, 0.5) is 5.82 Å². The van der Waals surface area contributed by atoms with Crippen molar-refractivity contribution in [3.05, 3.63) is 22.8 Å². The van der Waals surface area contributed by atoms with Gasteiger partial charge >= 0.3 is 0 Å². The van der Waals surface area contributed by atoms with Crippen molar-refractivity contribution in [3.8, 4) is 0 Å². The largest absolute Gasteiger partial charge is 0.339 e. The fourth-order valence-electron chi connectivity index (χ4n) is 2.77. The molecule has 0 radical (unpaired) electrons. The average molecular weight is 312 g/mol. The van der Waals surface area contributed by atoms with Crippen LogP contribution in [0.1, 0.15) is 30.3 Å². The number of anilines is 1. The Morgan fingerprint density at radius 2 is 2.38 bits per heavy atom. The lowest BCUT2D eigenvalue weighted by Gasteiger charge is -2.27. The molecule has 1 fully saturated rings. The van der Waals surface area contributed by atoms with Gasteiger partial charge in [0.15, 0.2) is 0 Å². The third kappa shape index (κ3) is 3.64. The zero-order valence-electron chi connectivity index (χ0n) is 12.5. The summed E-state index contributed by atoms with van der Waals surface area (Å²) in [6, 6.07) is 3.67. The van der Waals surface area contributed by atoms with Gasteiger partial charge in [0, 0.05) is 19.6 Å². The van der Waals surface area contributed by atoms with Crippen molar-refractivity contribution in [2.24, 2.45) is 5.84 Å². The number of hydrazine groups is 1. The summed E-state index contributed by atoms with van der Waals surface area (Å²) >= 11 is 6.08. The highest BCUT2D eigenvalue weighted by Crippen LogP contribution is 2.20. The number of carbonyl (C=O) groups excluding carboxylic acids is 1. The number of likely N-dealkylation sites (N-methyl/N-ethyl adjacent to an activating group) is 2. The number of nitrogens with two attached hydrogens (primary N) is 1. The third-order valence-electron chi connectivity index (χ3n) is 3.93. The van der Waals surface area contributed by atoms with Gasteiger partial charge in [-0.15, -0.1) is 0 Å². The van der Waals surface area contributed by atoms with Gasteiger partial charge in [0.1, 0.15) is 11.5 Å². The van der Waals surface area contributed by atoms with E-state index in [2.05, 4.69) is 22.2 Å². The van der Waals surface area contributed by atoms with Gasteiger partial charge in [0.25, 0.3) is 5.91 Å². The summed E-state index contributed by atoms with van der Waals surface area (Å²) in [4.78, 5) is 20.7. The van der Waals surface area contributed by atoms with Crippen LogP contribution in [0, 0.1) is 0 Å². The van der Waals surface area contributed by atoms with E-state index in [0.29, 0.717) is 23.4 Å². The first-order valence-corrected chi connectivity index (χ1v) is 7.57. The van der Waals surface area contributed by atoms with E-state index < -0.39 is 0 Å². The van der Waals surface area contributed by atoms with Gasteiger partial charge in [-0.25, -0.2) is 10.8 Å². The Kier molecular flexibility index (Phi) is 5.39. The predicted octanol–water partition coefficient (Wildman–Crippen LogP) is 1.58. The average Bonchev–Trinajstić information content (AvgIpc) is 2.94. The lowest BCUT2D eigenvalue weighted by atomic mass is 10.2. The van der Waals surface area contributed by atoms with Crippen LogP contribution in [0.3, 0.4) is 0 Å². The van der Waals surface area contributed by atoms with E-state index in [-0.39, 0.29) is 11.6 Å². The normalized spacial score (nSPS) is 18.8. The summed E-state index contributed by atoms with van der Waals surface area (Å²) in [7, 11) is 1.79. The van der Waals surface area contributed by atoms with E-state index in [4.69, 9.17) is 17.4 Å². The van der Waals surface area contributed by atoms with Gasteiger partial charge in [-0.3, -0.25) is 9.69 Å². The smallest absolute Gasteiger partial charge is 0.273 e. The number of nitrogens with zero attached hydrogens (tertiary/aromatic N) is 3. The van der Waals surface area contributed by atoms with E-state index in [0.717, 1.165) is 19.5 Å². The highest BCUT2D eigenvalue weighted by atomic mass is 35.5. The monoisotopic (exact) mass is 311 g/mol. The lowest BCUT2D eigenvalue weighted by Crippen LogP contribution is -2.41. The van der Waals surface area contributed by atoms with Crippen molar-refractivity contribution in [2.45, 2.75) is 25.8 Å². The molecule has 1 aromatic rings. The molecule has 0 aliphatic carbocycles. The molecule has 0 spiro atoms. The van der Waals surface area contributed by atoms with Crippen LogP contribution in [-0.4, -0.2) is 53.4 Å². The number of halogens is 1. The Morgan fingerprint density at radius 3 is 3.05 bits per heavy atom. The zero-order chi connectivity index (χ0) is 15.4. The van der Waals surface area contributed by atoms with E-state index in [1.165, 1.54) is 6.42 Å². The SMILES string of the molecule is CCN1CCCC1CN(C)C(=O)c1nc(NN)ccc1Cl. The van der Waals surface area contributed by atoms with Gasteiger partial charge < -0.3 is 10.3 Å². The van der Waals surface area contributed by atoms with Crippen LogP contribution in [0.25, 0.3) is 0 Å². The van der Waals surface area contributed by atoms with Crippen molar-refractivity contribution in [3.63, 3.8) is 0 Å². The van der Waals surface area contributed by atoms with Gasteiger partial charge in [-0.05, 0) is 38.1 Å². The minimum absolute atomic E-state index is 0.181. The van der Waals surface area contributed by atoms with Crippen molar-refractivity contribution >= 4 is 23.3 Å². The molecule has 2 heterocycles. The molecule has 7 heteroatoms. The molecule has 0 saturated carbocycles. The molecule has 1 aliphatic heterocycles. The molecular formula is C14H22ClN5O. The minimum Gasteiger partial charge on any atom is -0.339 e. The van der Waals surface area contributed by atoms with Crippen molar-refractivity contribution in [1.29, 1.82) is 0 Å². The Morgan fingerprint density at radius 1 is 1.62 bits per heavy atom. The topological polar surface area (TPSA) is 74.5 Å². The maximum Gasteiger partial charge on any atom is 0.273 e. The maximum atomic E-state index is 12.5. The fraction of sp³-hybridized carbons (Fsp3) is 0.571. The third-order valence-corrected chi connectivity index (χ3v) is 4.24. The second-order valence-corrected chi connectivity index (χ2v) is 5.69. The summed E-state index contributed by atoms with van der Waals surface area (Å²) < 4.78 is 0. The molecule has 1 saturated heterocycles. The first-order chi connectivity index (χ1) is 10.1. The predicted molar refractivity (Wildman–Crippen MR) is 84.3 cm³/mol. The van der Waals surface area contributed by atoms with Gasteiger partial charge in [0.05, 0.1) is 5.02 Å². The highest BCUT2D eigenvalue weighted by Gasteiger charge is 2.27. The van der Waals surface area contributed by atoms with Gasteiger partial charge in [-0.1, -0.05) is 18.5 Å². The van der Waals surface area contributed by atoms with Crippen LogP contribution in [0.5, 0.6) is 0 Å². The first kappa shape index (κ1) is 16.0. The molecule has 1 atom stereocenters. The summed E-state index contributed by atoms with van der Waals surface area (Å²) in [5.74, 6) is 5.57. The Labute approximate surface area is 130 Å². The van der Waals surface area contributed by atoms with Crippen molar-refractivity contribution < 1.29 is 4.79 Å². The quantitative estimate of drug-likeness (QED) is 0.638. The molecule has 0 bridgehead atoms. The number of nitrogens with one attached hydrogen (secondary N) is 1. The Bertz CT molecular complexity index is 510. The molecule has 2 rings (SSSR count). The molecule has 1 aromatic heterocycles. The Balaban J connectivity index is 2.08. The highest BCUT2D eigenvalue weighted by molar-refractivity contribution is 6.33. The number of amides is 1. The molecule has 1 amide bonds. The molecule has 116 valence electrons. The lowest BCUT2D eigenvalue weighted by molar-refractivity contribution is 0.0749. The van der Waals surface area contributed by atoms with Crippen LogP contribution < -0.4 is 11.3 Å². The van der Waals surface area contributed by atoms with Crippen LogP contribution in [-0.2, 0) is 0 Å². The molecule has 1 aliphatic rings. The maximum absolute atomic E-state index is 12.5. The minimum atomic E-state index is -0.181. The van der Waals surface area contributed by atoms with Gasteiger partial charge in [-0.2, -0.15) is 0 Å². The number of hydrogen-bond acceptors (Lipinski definition) is 5. The van der Waals surface area contributed by atoms with E-state index >= 15 is 0 Å². The summed E-state index contributed by atoms with van der Waals surface area (Å²) in [6.07, 6.45) is 2.31. The number of nitrogen functional groups attached to an aromatic ring is 1. The number of carbonyl (C=O) groups is 1. The van der Waals surface area contributed by atoms with Crippen LogP contribution >= 0.6 is 11.6 Å². The second-order valence-electron chi connectivity index (χ2n) is 5.28. The summed E-state index contributed by atoms with van der Waals surface area (Å²) in [6.45, 7) is 4.95. The number of likely N-dealkylation sites (tertiary alicyclic amines) is 1. The Hall–Kier alpha value is -1.37. The zero-order valence-corrected chi connectivity index (χ0v) is 13.2. The van der Waals surface area contributed by atoms with E-state index in [1.54, 1.807) is 24.1 Å². The number of pyridine rings is 1. The van der Waals surface area contributed by atoms with Crippen molar-refractivity contribution in [1.82, 2.24) is 14.8 Å². The standard InChI is InChI=1S/C14H22ClN5O/c1-3-20-8-4-5-10(20)9-19(2)14(21)13-11(15)6-7-12(17-13)18-16/h6-7,10H,3-5,8-9,16H2,1-2H3,(H,17,18). The van der Waals surface area contributed by atoms with E-state index in [1.807, 2.05) is 0 Å². The second kappa shape index (κ2) is 7.06. The molecule has 21 heavy (non-hydrogen) atoms. The van der Waals surface area contributed by atoms with Gasteiger partial charge in [0.2, 0.25) is 0 Å². The molecular weight excluding hydrogens is 290 g/mol. The fourth-order valence-corrected chi connectivity index (χ4v) is 2.96. The van der Waals surface area contributed by atoms with E-state index in [9.17, 15) is 4.79 Å². The summed E-state index contributed by atoms with van der Waals surface area (Å²) in [5, 5.41) is 0.338. The summed E-state index contributed by atoms with van der Waals surface area (Å²) in [5.41, 5.74) is 2.66. The number of rotatable bonds is 5. The number of aromatic nitrogens is 1. The molecule has 0 aromatic carbocycles. The number of hydrogen-bond donors (Lipinski definition) is 2. The molecule has 1 unspecified atom stereocenters. The van der Waals surface area contributed by atoms with Crippen LogP contribution in [0.2, 0.25) is 5.02 Å².